The van der Waals surface area contributed by atoms with Crippen LogP contribution < -0.4 is 14.9 Å². The Balaban J connectivity index is 1.83. The fraction of sp³-hybridized carbons (Fsp3) is 0.375. The van der Waals surface area contributed by atoms with Gasteiger partial charge in [-0.3, -0.25) is 9.59 Å². The summed E-state index contributed by atoms with van der Waals surface area (Å²) in [4.78, 5) is 25.1. The Labute approximate surface area is 184 Å². The number of hydrogen-bond acceptors (Lipinski definition) is 5. The van der Waals surface area contributed by atoms with E-state index in [0.29, 0.717) is 17.2 Å². The lowest BCUT2D eigenvalue weighted by molar-refractivity contribution is -0.130. The van der Waals surface area contributed by atoms with E-state index >= 15 is 0 Å². The highest BCUT2D eigenvalue weighted by atomic mass is 16.5. The van der Waals surface area contributed by atoms with E-state index in [4.69, 9.17) is 9.47 Å². The Morgan fingerprint density at radius 3 is 1.94 bits per heavy atom. The lowest BCUT2D eigenvalue weighted by atomic mass is 9.87. The van der Waals surface area contributed by atoms with Crippen LogP contribution >= 0.6 is 0 Å². The molecule has 0 aliphatic heterocycles. The lowest BCUT2D eigenvalue weighted by Crippen LogP contribution is -2.27. The van der Waals surface area contributed by atoms with Crippen LogP contribution in [0.25, 0.3) is 0 Å². The summed E-state index contributed by atoms with van der Waals surface area (Å²) in [6, 6.07) is 14.9. The summed E-state index contributed by atoms with van der Waals surface area (Å²) in [7, 11) is 3.35. The zero-order valence-corrected chi connectivity index (χ0v) is 19.1. The van der Waals surface area contributed by atoms with E-state index < -0.39 is 0 Å². The van der Waals surface area contributed by atoms with Gasteiger partial charge < -0.3 is 14.4 Å². The number of nitrogens with one attached hydrogen (secondary N) is 1. The highest BCUT2D eigenvalue weighted by molar-refractivity contribution is 5.99. The van der Waals surface area contributed by atoms with Crippen molar-refractivity contribution in [3.8, 4) is 11.5 Å². The molecule has 0 bridgehead atoms. The molecule has 0 aliphatic rings. The number of hydrogen-bond donors (Lipinski definition) is 1. The molecule has 7 nitrogen and oxygen atoms in total. The van der Waals surface area contributed by atoms with Gasteiger partial charge in [0.05, 0.1) is 5.71 Å². The molecule has 0 saturated carbocycles. The van der Waals surface area contributed by atoms with E-state index in [1.165, 1.54) is 10.5 Å². The maximum absolute atomic E-state index is 12.0. The van der Waals surface area contributed by atoms with Gasteiger partial charge in [0, 0.05) is 14.1 Å². The number of likely N-dealkylation sites (N-methyl/N-ethyl adjacent to an activating group) is 1. The van der Waals surface area contributed by atoms with Gasteiger partial charge in [-0.1, -0.05) is 32.9 Å². The minimum absolute atomic E-state index is 0.0194. The number of nitrogens with zero attached hydrogens (tertiary/aromatic N) is 2. The summed E-state index contributed by atoms with van der Waals surface area (Å²) in [5.41, 5.74) is 5.22. The maximum atomic E-state index is 12.0. The standard InChI is InChI=1S/C24H31N3O4/c1-17(18-7-11-20(12-8-18)31-16-23(29)27(5)6)25-26-22(28)15-30-21-13-9-19(10-14-21)24(2,3)4/h7-14H,15-16H2,1-6H3,(H,26,28)/b25-17+. The second-order valence-corrected chi connectivity index (χ2v) is 8.40. The number of hydrazone groups is 1. The molecule has 0 saturated heterocycles. The van der Waals surface area contributed by atoms with Crippen LogP contribution in [-0.4, -0.2) is 49.7 Å². The number of carbonyl (C=O) groups excluding carboxylic acids is 2. The van der Waals surface area contributed by atoms with Crippen molar-refractivity contribution >= 4 is 17.5 Å². The van der Waals surface area contributed by atoms with Crippen molar-refractivity contribution in [1.82, 2.24) is 10.3 Å². The summed E-state index contributed by atoms with van der Waals surface area (Å²) in [5, 5.41) is 4.12. The summed E-state index contributed by atoms with van der Waals surface area (Å²) < 4.78 is 11.0. The van der Waals surface area contributed by atoms with Gasteiger partial charge in [-0.15, -0.1) is 0 Å². The number of ether oxygens (including phenoxy) is 2. The second-order valence-electron chi connectivity index (χ2n) is 8.40. The molecule has 7 heteroatoms. The molecule has 2 aromatic carbocycles. The van der Waals surface area contributed by atoms with Gasteiger partial charge in [0.25, 0.3) is 11.8 Å². The fourth-order valence-electron chi connectivity index (χ4n) is 2.51. The largest absolute Gasteiger partial charge is 0.484 e. The molecule has 0 heterocycles. The first-order valence-corrected chi connectivity index (χ1v) is 10.1. The first-order chi connectivity index (χ1) is 14.6. The van der Waals surface area contributed by atoms with Gasteiger partial charge >= 0.3 is 0 Å². The number of rotatable bonds is 8. The normalized spacial score (nSPS) is 11.6. The maximum Gasteiger partial charge on any atom is 0.277 e. The molecule has 0 aliphatic carbocycles. The molecular formula is C24H31N3O4. The molecule has 0 unspecified atom stereocenters. The van der Waals surface area contributed by atoms with Crippen molar-refractivity contribution in [2.75, 3.05) is 27.3 Å². The topological polar surface area (TPSA) is 80.2 Å². The smallest absolute Gasteiger partial charge is 0.277 e. The van der Waals surface area contributed by atoms with Crippen LogP contribution in [0.1, 0.15) is 38.8 Å². The summed E-state index contributed by atoms with van der Waals surface area (Å²) >= 11 is 0. The average Bonchev–Trinajstić information content (AvgIpc) is 2.74. The molecule has 0 spiro atoms. The monoisotopic (exact) mass is 425 g/mol. The van der Waals surface area contributed by atoms with E-state index in [-0.39, 0.29) is 30.4 Å². The minimum Gasteiger partial charge on any atom is -0.484 e. The van der Waals surface area contributed by atoms with Crippen molar-refractivity contribution in [1.29, 1.82) is 0 Å². The number of carbonyl (C=O) groups is 2. The van der Waals surface area contributed by atoms with Crippen LogP contribution in [0.5, 0.6) is 11.5 Å². The molecule has 31 heavy (non-hydrogen) atoms. The highest BCUT2D eigenvalue weighted by Gasteiger charge is 2.13. The van der Waals surface area contributed by atoms with E-state index in [1.54, 1.807) is 33.2 Å². The predicted octanol–water partition coefficient (Wildman–Crippen LogP) is 3.37. The van der Waals surface area contributed by atoms with Crippen molar-refractivity contribution in [2.24, 2.45) is 5.10 Å². The Morgan fingerprint density at radius 1 is 0.903 bits per heavy atom. The Morgan fingerprint density at radius 2 is 1.42 bits per heavy atom. The summed E-state index contributed by atoms with van der Waals surface area (Å²) in [5.74, 6) is 0.757. The first-order valence-electron chi connectivity index (χ1n) is 10.1. The molecule has 0 fully saturated rings. The van der Waals surface area contributed by atoms with Crippen molar-refractivity contribution in [2.45, 2.75) is 33.1 Å². The highest BCUT2D eigenvalue weighted by Crippen LogP contribution is 2.24. The average molecular weight is 426 g/mol. The van der Waals surface area contributed by atoms with E-state index in [9.17, 15) is 9.59 Å². The van der Waals surface area contributed by atoms with Gasteiger partial charge in [-0.25, -0.2) is 5.43 Å². The third-order valence-electron chi connectivity index (χ3n) is 4.57. The molecule has 166 valence electrons. The lowest BCUT2D eigenvalue weighted by Gasteiger charge is -2.19. The van der Waals surface area contributed by atoms with Crippen LogP contribution in [0, 0.1) is 0 Å². The van der Waals surface area contributed by atoms with E-state index in [1.807, 2.05) is 36.4 Å². The quantitative estimate of drug-likeness (QED) is 0.519. The predicted molar refractivity (Wildman–Crippen MR) is 122 cm³/mol. The van der Waals surface area contributed by atoms with Crippen LogP contribution in [0.4, 0.5) is 0 Å². The third-order valence-corrected chi connectivity index (χ3v) is 4.57. The SMILES string of the molecule is C/C(=N\NC(=O)COc1ccc(C(C)(C)C)cc1)c1ccc(OCC(=O)N(C)C)cc1. The van der Waals surface area contributed by atoms with Crippen molar-refractivity contribution in [3.63, 3.8) is 0 Å². The Kier molecular flexibility index (Phi) is 8.19. The van der Waals surface area contributed by atoms with Gasteiger partial charge in [0.15, 0.2) is 13.2 Å². The molecular weight excluding hydrogens is 394 g/mol. The van der Waals surface area contributed by atoms with Crippen LogP contribution in [0.3, 0.4) is 0 Å². The molecule has 0 radical (unpaired) electrons. The molecule has 2 aromatic rings. The molecule has 2 amide bonds. The molecule has 0 atom stereocenters. The van der Waals surface area contributed by atoms with Gasteiger partial charge in [0.1, 0.15) is 11.5 Å². The minimum atomic E-state index is -0.346. The summed E-state index contributed by atoms with van der Waals surface area (Å²) in [6.07, 6.45) is 0. The number of amides is 2. The van der Waals surface area contributed by atoms with Crippen molar-refractivity contribution in [3.05, 3.63) is 59.7 Å². The van der Waals surface area contributed by atoms with Crippen LogP contribution in [0.15, 0.2) is 53.6 Å². The van der Waals surface area contributed by atoms with Gasteiger partial charge in [-0.2, -0.15) is 5.10 Å². The molecule has 2 rings (SSSR count). The second kappa shape index (κ2) is 10.6. The van der Waals surface area contributed by atoms with E-state index in [0.717, 1.165) is 5.56 Å². The van der Waals surface area contributed by atoms with Crippen LogP contribution in [-0.2, 0) is 15.0 Å². The fourth-order valence-corrected chi connectivity index (χ4v) is 2.51. The zero-order valence-electron chi connectivity index (χ0n) is 19.1. The molecule has 0 aromatic heterocycles. The molecule has 1 N–H and O–H groups in total. The first kappa shape index (κ1) is 23.9. The zero-order chi connectivity index (χ0) is 23.0. The van der Waals surface area contributed by atoms with Crippen molar-refractivity contribution < 1.29 is 19.1 Å². The van der Waals surface area contributed by atoms with Crippen LogP contribution in [0.2, 0.25) is 0 Å². The van der Waals surface area contributed by atoms with Gasteiger partial charge in [-0.05, 0) is 59.9 Å². The Bertz CT molecular complexity index is 911. The third kappa shape index (κ3) is 7.77. The van der Waals surface area contributed by atoms with E-state index in [2.05, 4.69) is 31.3 Å². The Hall–Kier alpha value is -3.35. The summed E-state index contributed by atoms with van der Waals surface area (Å²) in [6.45, 7) is 8.07. The van der Waals surface area contributed by atoms with Gasteiger partial charge in [0.2, 0.25) is 0 Å². The number of benzene rings is 2.